The highest BCUT2D eigenvalue weighted by Crippen LogP contribution is 2.59. The van der Waals surface area contributed by atoms with Crippen molar-refractivity contribution in [3.8, 4) is 16.9 Å². The monoisotopic (exact) mass is 689 g/mol. The van der Waals surface area contributed by atoms with Crippen molar-refractivity contribution in [2.75, 3.05) is 6.26 Å². The van der Waals surface area contributed by atoms with Gasteiger partial charge in [0.1, 0.15) is 22.1 Å². The van der Waals surface area contributed by atoms with Crippen molar-refractivity contribution in [3.05, 3.63) is 74.3 Å². The lowest BCUT2D eigenvalue weighted by molar-refractivity contribution is 0.00578. The summed E-state index contributed by atoms with van der Waals surface area (Å²) in [6.07, 6.45) is 1.99. The van der Waals surface area contributed by atoms with Crippen LogP contribution in [0.3, 0.4) is 0 Å². The Hall–Kier alpha value is -3.13. The van der Waals surface area contributed by atoms with Gasteiger partial charge in [-0.25, -0.2) is 17.8 Å². The number of aromatic nitrogens is 2. The molecule has 0 radical (unpaired) electrons. The van der Waals surface area contributed by atoms with Crippen LogP contribution in [0, 0.1) is 25.5 Å². The largest absolute Gasteiger partial charge is 0.461 e. The maximum atomic E-state index is 16.5. The molecule has 47 heavy (non-hydrogen) atoms. The summed E-state index contributed by atoms with van der Waals surface area (Å²) in [5.41, 5.74) is -2.10. The summed E-state index contributed by atoms with van der Waals surface area (Å²) in [6, 6.07) is 5.58. The maximum absolute atomic E-state index is 16.5. The minimum atomic E-state index is -3.64. The molecular weight excluding hydrogens is 651 g/mol. The van der Waals surface area contributed by atoms with Crippen LogP contribution in [0.25, 0.3) is 16.9 Å². The zero-order valence-electron chi connectivity index (χ0n) is 28.2. The lowest BCUT2D eigenvalue weighted by Crippen LogP contribution is -2.41. The molecule has 0 bridgehead atoms. The van der Waals surface area contributed by atoms with Gasteiger partial charge in [-0.2, -0.15) is 0 Å². The zero-order chi connectivity index (χ0) is 35.0. The number of hydrogen-bond donors (Lipinski definition) is 0. The number of benzene rings is 1. The first kappa shape index (κ1) is 35.2. The quantitative estimate of drug-likeness (QED) is 0.252. The lowest BCUT2D eigenvalue weighted by Gasteiger charge is -2.32. The third-order valence-electron chi connectivity index (χ3n) is 8.89. The number of carbonyl (C=O) groups excluding carboxylic acids is 1. The Kier molecular flexibility index (Phi) is 8.82. The van der Waals surface area contributed by atoms with Gasteiger partial charge in [0.15, 0.2) is 5.82 Å². The Morgan fingerprint density at radius 3 is 2.36 bits per heavy atom. The van der Waals surface area contributed by atoms with Crippen molar-refractivity contribution in [1.82, 2.24) is 9.55 Å². The van der Waals surface area contributed by atoms with E-state index in [9.17, 15) is 13.8 Å². The van der Waals surface area contributed by atoms with Crippen molar-refractivity contribution < 1.29 is 31.8 Å². The molecule has 1 aromatic carbocycles. The number of amides is 1. The molecule has 3 heterocycles. The van der Waals surface area contributed by atoms with Crippen LogP contribution in [0.2, 0.25) is 10.8 Å². The summed E-state index contributed by atoms with van der Waals surface area (Å²) in [4.78, 5) is 29.8. The number of pyridine rings is 2. The van der Waals surface area contributed by atoms with Gasteiger partial charge in [0, 0.05) is 29.5 Å². The Balaban J connectivity index is 1.53. The van der Waals surface area contributed by atoms with E-state index in [1.165, 1.54) is 24.4 Å². The number of hydrogen-bond acceptors (Lipinski definition) is 7. The molecule has 3 aromatic rings. The fourth-order valence-corrected chi connectivity index (χ4v) is 7.18. The van der Waals surface area contributed by atoms with Gasteiger partial charge < -0.3 is 14.0 Å². The first-order chi connectivity index (χ1) is 21.6. The van der Waals surface area contributed by atoms with Crippen LogP contribution < -0.4 is 5.56 Å². The van der Waals surface area contributed by atoms with Gasteiger partial charge in [-0.05, 0) is 104 Å². The summed E-state index contributed by atoms with van der Waals surface area (Å²) < 4.78 is 68.1. The molecule has 2 aliphatic rings. The van der Waals surface area contributed by atoms with Crippen LogP contribution in [0.5, 0.6) is 0 Å². The Morgan fingerprint density at radius 1 is 1.15 bits per heavy atom. The fraction of sp³-hybridized carbons (Fsp3) is 0.485. The molecule has 1 aliphatic heterocycles. The van der Waals surface area contributed by atoms with Gasteiger partial charge in [-0.1, -0.05) is 17.7 Å². The predicted octanol–water partition coefficient (Wildman–Crippen LogP) is 7.79. The van der Waals surface area contributed by atoms with E-state index >= 15 is 8.78 Å². The summed E-state index contributed by atoms with van der Waals surface area (Å²) in [5.74, 6) is -2.14. The molecule has 1 saturated carbocycles. The molecule has 1 saturated heterocycles. The van der Waals surface area contributed by atoms with Crippen LogP contribution in [0.1, 0.15) is 77.6 Å². The molecular formula is C33H39BClF2N3O6S. The standard InChI is InChI=1S/C33H39BClF2N3O6S/c1-17-16-38-27(19-12-11-13-23(25(19)36)47(10,43)39-30(42)44-31(3,4)5)26(37)28(17)40-18(2)14-21(24(35)29(40)41)20-15-22(20)34-45-32(6,7)33(8,9)46-34/h11-14,16,20,22H,15H2,1-10H3/t20-,22+,47+/m1/s1. The van der Waals surface area contributed by atoms with Crippen molar-refractivity contribution in [2.24, 2.45) is 4.36 Å². The van der Waals surface area contributed by atoms with E-state index in [4.69, 9.17) is 25.6 Å². The normalized spacial score (nSPS) is 21.3. The second-order valence-electron chi connectivity index (χ2n) is 14.3. The van der Waals surface area contributed by atoms with Crippen LogP contribution >= 0.6 is 11.6 Å². The molecule has 5 rings (SSSR count). The van der Waals surface area contributed by atoms with Crippen LogP contribution in [-0.2, 0) is 23.8 Å². The molecule has 252 valence electrons. The summed E-state index contributed by atoms with van der Waals surface area (Å²) in [6.45, 7) is 16.0. The van der Waals surface area contributed by atoms with E-state index in [1.54, 1.807) is 40.7 Å². The highest BCUT2D eigenvalue weighted by molar-refractivity contribution is 7.93. The van der Waals surface area contributed by atoms with Gasteiger partial charge in [0.05, 0.1) is 31.5 Å². The van der Waals surface area contributed by atoms with Crippen molar-refractivity contribution >= 4 is 34.5 Å². The molecule has 14 heteroatoms. The minimum Gasteiger partial charge on any atom is -0.442 e. The van der Waals surface area contributed by atoms with E-state index < -0.39 is 67.5 Å². The molecule has 1 amide bonds. The third-order valence-corrected chi connectivity index (χ3v) is 10.9. The number of rotatable bonds is 5. The smallest absolute Gasteiger partial charge is 0.442 e. The third kappa shape index (κ3) is 6.51. The zero-order valence-corrected chi connectivity index (χ0v) is 29.7. The first-order valence-corrected chi connectivity index (χ1v) is 17.5. The second kappa shape index (κ2) is 11.8. The summed E-state index contributed by atoms with van der Waals surface area (Å²) in [7, 11) is -4.09. The maximum Gasteiger partial charge on any atom is 0.461 e. The number of carbonyl (C=O) groups is 1. The highest BCUT2D eigenvalue weighted by atomic mass is 35.5. The Labute approximate surface area is 279 Å². The number of aryl methyl sites for hydroxylation is 2. The fourth-order valence-electron chi connectivity index (χ4n) is 5.70. The van der Waals surface area contributed by atoms with Gasteiger partial charge >= 0.3 is 13.2 Å². The average molecular weight is 690 g/mol. The highest BCUT2D eigenvalue weighted by Gasteiger charge is 2.60. The van der Waals surface area contributed by atoms with E-state index in [0.29, 0.717) is 23.2 Å². The van der Waals surface area contributed by atoms with Crippen LogP contribution in [0.15, 0.2) is 44.5 Å². The number of ether oxygens (including phenoxy) is 1. The lowest BCUT2D eigenvalue weighted by atomic mass is 9.79. The molecule has 0 spiro atoms. The van der Waals surface area contributed by atoms with Crippen molar-refractivity contribution in [1.29, 1.82) is 0 Å². The molecule has 2 aromatic heterocycles. The molecule has 3 atom stereocenters. The summed E-state index contributed by atoms with van der Waals surface area (Å²) in [5, 5.41) is -0.0561. The molecule has 0 N–H and O–H groups in total. The summed E-state index contributed by atoms with van der Waals surface area (Å²) >= 11 is 6.69. The topological polar surface area (TPSA) is 109 Å². The van der Waals surface area contributed by atoms with Crippen LogP contribution in [-0.4, -0.2) is 50.0 Å². The Morgan fingerprint density at radius 2 is 1.77 bits per heavy atom. The van der Waals surface area contributed by atoms with Gasteiger partial charge in [0.2, 0.25) is 0 Å². The van der Waals surface area contributed by atoms with Crippen molar-refractivity contribution in [3.63, 3.8) is 0 Å². The Bertz CT molecular complexity index is 1970. The molecule has 0 unspecified atom stereocenters. The van der Waals surface area contributed by atoms with Gasteiger partial charge in [0.25, 0.3) is 5.56 Å². The molecule has 1 aliphatic carbocycles. The minimum absolute atomic E-state index is 0.000310. The molecule has 9 nitrogen and oxygen atoms in total. The van der Waals surface area contributed by atoms with Crippen LogP contribution in [0.4, 0.5) is 13.6 Å². The predicted molar refractivity (Wildman–Crippen MR) is 178 cm³/mol. The van der Waals surface area contributed by atoms with Gasteiger partial charge in [-0.15, -0.1) is 4.36 Å². The second-order valence-corrected chi connectivity index (χ2v) is 16.9. The average Bonchev–Trinajstić information content (AvgIpc) is 3.67. The van der Waals surface area contributed by atoms with Gasteiger partial charge in [-0.3, -0.25) is 14.3 Å². The van der Waals surface area contributed by atoms with E-state index in [-0.39, 0.29) is 28.0 Å². The van der Waals surface area contributed by atoms with E-state index in [2.05, 4.69) is 9.35 Å². The van der Waals surface area contributed by atoms with Crippen molar-refractivity contribution in [2.45, 2.75) is 102 Å². The van der Waals surface area contributed by atoms with E-state index in [0.717, 1.165) is 10.8 Å². The number of nitrogens with zero attached hydrogens (tertiary/aromatic N) is 3. The molecule has 2 fully saturated rings. The first-order valence-electron chi connectivity index (χ1n) is 15.2. The van der Waals surface area contributed by atoms with E-state index in [1.807, 2.05) is 27.7 Å². The number of halogens is 3. The SMILES string of the molecule is Cc1cnc(-c2cccc([S@](C)(=O)=NC(=O)OC(C)(C)C)c2F)c(F)c1-n1c(C)cc([C@H]2C[C@@H]2B2OC(C)(C)C(C)(C)O2)c(Cl)c1=O.